The summed E-state index contributed by atoms with van der Waals surface area (Å²) < 4.78 is 0. The first kappa shape index (κ1) is 11.9. The highest BCUT2D eigenvalue weighted by atomic mass is 16.4. The second-order valence-electron chi connectivity index (χ2n) is 3.04. The number of carbonyl (C=O) groups excluding carboxylic acids is 1. The van der Waals surface area contributed by atoms with Gasteiger partial charge >= 0.3 is 5.97 Å². The first-order valence-corrected chi connectivity index (χ1v) is 4.24. The van der Waals surface area contributed by atoms with Crippen molar-refractivity contribution in [3.63, 3.8) is 0 Å². The second-order valence-corrected chi connectivity index (χ2v) is 3.04. The quantitative estimate of drug-likeness (QED) is 0.533. The zero-order valence-electron chi connectivity index (χ0n) is 7.91. The van der Waals surface area contributed by atoms with E-state index in [1.165, 1.54) is 0 Å². The van der Waals surface area contributed by atoms with Crippen LogP contribution in [0.25, 0.3) is 0 Å². The van der Waals surface area contributed by atoms with Crippen molar-refractivity contribution < 1.29 is 14.7 Å². The number of carboxylic acids is 1. The van der Waals surface area contributed by atoms with Crippen LogP contribution in [0.3, 0.4) is 0 Å². The Morgan fingerprint density at radius 1 is 1.54 bits per heavy atom. The molecule has 0 fully saturated rings. The fraction of sp³-hybridized carbons (Fsp3) is 0.750. The predicted octanol–water partition coefficient (Wildman–Crippen LogP) is -0.297. The first-order valence-electron chi connectivity index (χ1n) is 4.24. The summed E-state index contributed by atoms with van der Waals surface area (Å²) in [6.07, 6.45) is 0.641. The average molecular weight is 188 g/mol. The Morgan fingerprint density at radius 3 is 2.38 bits per heavy atom. The summed E-state index contributed by atoms with van der Waals surface area (Å²) in [7, 11) is 0. The molecular weight excluding hydrogens is 172 g/mol. The minimum absolute atomic E-state index is 0.157. The molecule has 5 heteroatoms. The van der Waals surface area contributed by atoms with Crippen LogP contribution in [-0.4, -0.2) is 29.1 Å². The van der Waals surface area contributed by atoms with E-state index in [4.69, 9.17) is 10.8 Å². The van der Waals surface area contributed by atoms with Crippen molar-refractivity contribution in [3.05, 3.63) is 0 Å². The summed E-state index contributed by atoms with van der Waals surface area (Å²) in [5.74, 6) is -1.33. The minimum atomic E-state index is -0.904. The summed E-state index contributed by atoms with van der Waals surface area (Å²) in [5.41, 5.74) is 4.96. The number of hydrogen-bond acceptors (Lipinski definition) is 3. The van der Waals surface area contributed by atoms with E-state index >= 15 is 0 Å². The summed E-state index contributed by atoms with van der Waals surface area (Å²) in [6.45, 7) is 3.50. The Labute approximate surface area is 77.3 Å². The third-order valence-corrected chi connectivity index (χ3v) is 1.70. The van der Waals surface area contributed by atoms with Gasteiger partial charge in [0.1, 0.15) is 6.04 Å². The topological polar surface area (TPSA) is 92.4 Å². The fourth-order valence-electron chi connectivity index (χ4n) is 1.07. The lowest BCUT2D eigenvalue weighted by molar-refractivity contribution is -0.140. The Bertz CT molecular complexity index is 194. The van der Waals surface area contributed by atoms with Crippen LogP contribution in [0.5, 0.6) is 0 Å². The minimum Gasteiger partial charge on any atom is -0.480 e. The molecule has 1 amide bonds. The SMILES string of the molecule is CCC(NC(C)CC(N)=O)C(=O)O. The summed E-state index contributed by atoms with van der Waals surface area (Å²) in [4.78, 5) is 21.1. The van der Waals surface area contributed by atoms with E-state index in [0.29, 0.717) is 6.42 Å². The van der Waals surface area contributed by atoms with Crippen LogP contribution in [0.15, 0.2) is 0 Å². The number of carbonyl (C=O) groups is 2. The Balaban J connectivity index is 3.93. The third kappa shape index (κ3) is 5.19. The fourth-order valence-corrected chi connectivity index (χ4v) is 1.07. The largest absolute Gasteiger partial charge is 0.480 e. The first-order chi connectivity index (χ1) is 5.97. The van der Waals surface area contributed by atoms with E-state index < -0.39 is 17.9 Å². The van der Waals surface area contributed by atoms with Gasteiger partial charge in [-0.2, -0.15) is 0 Å². The number of rotatable bonds is 6. The van der Waals surface area contributed by atoms with E-state index in [1.807, 2.05) is 0 Å². The van der Waals surface area contributed by atoms with Gasteiger partial charge in [-0.1, -0.05) is 6.92 Å². The van der Waals surface area contributed by atoms with Crippen LogP contribution in [-0.2, 0) is 9.59 Å². The van der Waals surface area contributed by atoms with Crippen LogP contribution >= 0.6 is 0 Å². The van der Waals surface area contributed by atoms with Crippen LogP contribution in [0.1, 0.15) is 26.7 Å². The highest BCUT2D eigenvalue weighted by molar-refractivity contribution is 5.75. The highest BCUT2D eigenvalue weighted by Gasteiger charge is 2.17. The van der Waals surface area contributed by atoms with Gasteiger partial charge < -0.3 is 16.2 Å². The monoisotopic (exact) mass is 188 g/mol. The van der Waals surface area contributed by atoms with E-state index in [-0.39, 0.29) is 12.5 Å². The maximum absolute atomic E-state index is 10.6. The lowest BCUT2D eigenvalue weighted by atomic mass is 10.1. The molecule has 0 aromatic rings. The van der Waals surface area contributed by atoms with E-state index in [9.17, 15) is 9.59 Å². The molecule has 0 aromatic heterocycles. The van der Waals surface area contributed by atoms with Crippen molar-refractivity contribution >= 4 is 11.9 Å². The summed E-state index contributed by atoms with van der Waals surface area (Å²) >= 11 is 0. The standard InChI is InChI=1S/C8H16N2O3/c1-3-6(8(12)13)10-5(2)4-7(9)11/h5-6,10H,3-4H2,1-2H3,(H2,9,11)(H,12,13). The number of hydrogen-bond donors (Lipinski definition) is 3. The third-order valence-electron chi connectivity index (χ3n) is 1.70. The molecule has 4 N–H and O–H groups in total. The molecule has 0 saturated carbocycles. The van der Waals surface area contributed by atoms with Gasteiger partial charge in [-0.15, -0.1) is 0 Å². The average Bonchev–Trinajstić information content (AvgIpc) is 1.98. The molecule has 0 aliphatic rings. The molecule has 0 heterocycles. The van der Waals surface area contributed by atoms with Crippen LogP contribution in [0, 0.1) is 0 Å². The summed E-state index contributed by atoms with van der Waals surface area (Å²) in [5, 5.41) is 11.5. The van der Waals surface area contributed by atoms with Crippen molar-refractivity contribution in [2.24, 2.45) is 5.73 Å². The van der Waals surface area contributed by atoms with Crippen molar-refractivity contribution in [2.75, 3.05) is 0 Å². The zero-order chi connectivity index (χ0) is 10.4. The molecule has 0 rings (SSSR count). The predicted molar refractivity (Wildman–Crippen MR) is 48.1 cm³/mol. The molecule has 0 radical (unpaired) electrons. The van der Waals surface area contributed by atoms with Gasteiger partial charge in [-0.25, -0.2) is 0 Å². The maximum Gasteiger partial charge on any atom is 0.320 e. The normalized spacial score (nSPS) is 14.9. The molecular formula is C8H16N2O3. The van der Waals surface area contributed by atoms with E-state index in [0.717, 1.165) is 0 Å². The summed E-state index contributed by atoms with van der Waals surface area (Å²) in [6, 6.07) is -0.798. The molecule has 5 nitrogen and oxygen atoms in total. The highest BCUT2D eigenvalue weighted by Crippen LogP contribution is 1.96. The van der Waals surface area contributed by atoms with Gasteiger partial charge in [0, 0.05) is 12.5 Å². The van der Waals surface area contributed by atoms with Crippen molar-refractivity contribution in [1.29, 1.82) is 0 Å². The number of carboxylic acid groups (broad SMARTS) is 1. The smallest absolute Gasteiger partial charge is 0.320 e. The molecule has 76 valence electrons. The van der Waals surface area contributed by atoms with Gasteiger partial charge in [0.15, 0.2) is 0 Å². The van der Waals surface area contributed by atoms with Gasteiger partial charge in [-0.05, 0) is 13.3 Å². The lowest BCUT2D eigenvalue weighted by Gasteiger charge is -2.17. The van der Waals surface area contributed by atoms with Crippen LogP contribution in [0.4, 0.5) is 0 Å². The number of amides is 1. The Kier molecular flexibility index (Phi) is 5.06. The molecule has 2 atom stereocenters. The Morgan fingerprint density at radius 2 is 2.08 bits per heavy atom. The number of aliphatic carboxylic acids is 1. The van der Waals surface area contributed by atoms with Gasteiger partial charge in [-0.3, -0.25) is 9.59 Å². The molecule has 0 spiro atoms. The Hall–Kier alpha value is -1.10. The van der Waals surface area contributed by atoms with Crippen LogP contribution in [0.2, 0.25) is 0 Å². The van der Waals surface area contributed by atoms with Crippen molar-refractivity contribution in [3.8, 4) is 0 Å². The van der Waals surface area contributed by atoms with Gasteiger partial charge in [0.2, 0.25) is 5.91 Å². The number of nitrogens with one attached hydrogen (secondary N) is 1. The molecule has 0 saturated heterocycles. The van der Waals surface area contributed by atoms with Gasteiger partial charge in [0.05, 0.1) is 0 Å². The van der Waals surface area contributed by atoms with E-state index in [2.05, 4.69) is 5.32 Å². The maximum atomic E-state index is 10.6. The van der Waals surface area contributed by atoms with Gasteiger partial charge in [0.25, 0.3) is 0 Å². The zero-order valence-corrected chi connectivity index (χ0v) is 7.91. The molecule has 0 bridgehead atoms. The molecule has 0 aromatic carbocycles. The van der Waals surface area contributed by atoms with Crippen molar-refractivity contribution in [2.45, 2.75) is 38.8 Å². The molecule has 2 unspecified atom stereocenters. The second kappa shape index (κ2) is 5.53. The molecule has 13 heavy (non-hydrogen) atoms. The van der Waals surface area contributed by atoms with Crippen LogP contribution < -0.4 is 11.1 Å². The van der Waals surface area contributed by atoms with E-state index in [1.54, 1.807) is 13.8 Å². The molecule has 0 aliphatic heterocycles. The number of primary amides is 1. The lowest BCUT2D eigenvalue weighted by Crippen LogP contribution is -2.43. The molecule has 0 aliphatic carbocycles. The van der Waals surface area contributed by atoms with Crippen molar-refractivity contribution in [1.82, 2.24) is 5.32 Å². The number of nitrogens with two attached hydrogens (primary N) is 1.